The van der Waals surface area contributed by atoms with E-state index in [1.54, 1.807) is 7.11 Å². The molecule has 1 unspecified atom stereocenters. The molecule has 1 aromatic heterocycles. The molecule has 4 nitrogen and oxygen atoms in total. The molecule has 15 heavy (non-hydrogen) atoms. The van der Waals surface area contributed by atoms with Crippen molar-refractivity contribution in [2.75, 3.05) is 19.5 Å². The number of ether oxygens (including phenoxy) is 1. The molecule has 0 spiro atoms. The highest BCUT2D eigenvalue weighted by atomic mass is 16.5. The van der Waals surface area contributed by atoms with E-state index < -0.39 is 0 Å². The molecule has 1 aromatic rings. The van der Waals surface area contributed by atoms with E-state index in [0.29, 0.717) is 11.8 Å². The molecule has 0 saturated heterocycles. The molecule has 0 bridgehead atoms. The summed E-state index contributed by atoms with van der Waals surface area (Å²) in [7, 11) is 1.73. The summed E-state index contributed by atoms with van der Waals surface area (Å²) >= 11 is 0. The van der Waals surface area contributed by atoms with E-state index in [-0.39, 0.29) is 0 Å². The van der Waals surface area contributed by atoms with Crippen molar-refractivity contribution in [2.45, 2.75) is 27.3 Å². The first-order chi connectivity index (χ1) is 7.04. The van der Waals surface area contributed by atoms with Crippen molar-refractivity contribution in [3.8, 4) is 0 Å². The molecule has 0 amide bonds. The van der Waals surface area contributed by atoms with Crippen LogP contribution in [0.1, 0.15) is 19.5 Å². The lowest BCUT2D eigenvalue weighted by Gasteiger charge is -2.19. The number of nitrogens with two attached hydrogens (primary N) is 1. The first-order valence-electron chi connectivity index (χ1n) is 5.33. The van der Waals surface area contributed by atoms with Gasteiger partial charge in [0.2, 0.25) is 0 Å². The lowest BCUT2D eigenvalue weighted by molar-refractivity contribution is 0.116. The molecule has 4 heteroatoms. The Morgan fingerprint density at radius 2 is 2.20 bits per heavy atom. The summed E-state index contributed by atoms with van der Waals surface area (Å²) in [5.41, 5.74) is 7.41. The minimum Gasteiger partial charge on any atom is -0.396 e. The highest BCUT2D eigenvalue weighted by Gasteiger charge is 2.14. The number of aromatic nitrogens is 2. The lowest BCUT2D eigenvalue weighted by Crippen LogP contribution is -2.21. The number of methoxy groups -OCH3 is 1. The van der Waals surface area contributed by atoms with Gasteiger partial charge in [-0.2, -0.15) is 5.10 Å². The quantitative estimate of drug-likeness (QED) is 0.806. The summed E-state index contributed by atoms with van der Waals surface area (Å²) in [4.78, 5) is 0. The molecule has 0 aliphatic rings. The Balaban J connectivity index is 2.65. The number of hydrogen-bond donors (Lipinski definition) is 1. The van der Waals surface area contributed by atoms with Gasteiger partial charge in [0.1, 0.15) is 0 Å². The Hall–Kier alpha value is -1.03. The van der Waals surface area contributed by atoms with Crippen LogP contribution in [-0.2, 0) is 11.3 Å². The first-order valence-corrected chi connectivity index (χ1v) is 5.33. The van der Waals surface area contributed by atoms with Gasteiger partial charge in [-0.1, -0.05) is 13.8 Å². The number of nitrogens with zero attached hydrogens (tertiary/aromatic N) is 2. The maximum Gasteiger partial charge on any atom is 0.0822 e. The van der Waals surface area contributed by atoms with Crippen LogP contribution in [0.2, 0.25) is 0 Å². The fraction of sp³-hybridized carbons (Fsp3) is 0.727. The van der Waals surface area contributed by atoms with Crippen LogP contribution in [0, 0.1) is 18.8 Å². The Morgan fingerprint density at radius 3 is 2.60 bits per heavy atom. The van der Waals surface area contributed by atoms with Crippen LogP contribution >= 0.6 is 0 Å². The molecule has 0 saturated carbocycles. The minimum absolute atomic E-state index is 0.480. The number of hydrogen-bond acceptors (Lipinski definition) is 3. The Morgan fingerprint density at radius 1 is 1.53 bits per heavy atom. The average molecular weight is 211 g/mol. The molecule has 2 N–H and O–H groups in total. The van der Waals surface area contributed by atoms with Crippen molar-refractivity contribution < 1.29 is 4.74 Å². The normalized spacial score (nSPS) is 13.4. The predicted octanol–water partition coefficient (Wildman–Crippen LogP) is 1.69. The van der Waals surface area contributed by atoms with E-state index in [9.17, 15) is 0 Å². The second kappa shape index (κ2) is 5.16. The standard InChI is InChI=1S/C11H21N3O/c1-8(2)10(7-15-4)5-14-6-11(12)9(3)13-14/h6,8,10H,5,7,12H2,1-4H3. The topological polar surface area (TPSA) is 53.1 Å². The number of aryl methyl sites for hydroxylation is 1. The van der Waals surface area contributed by atoms with Gasteiger partial charge in [-0.3, -0.25) is 4.68 Å². The van der Waals surface area contributed by atoms with Gasteiger partial charge in [0.25, 0.3) is 0 Å². The SMILES string of the molecule is COCC(Cn1cc(N)c(C)n1)C(C)C. The number of rotatable bonds is 5. The largest absolute Gasteiger partial charge is 0.396 e. The third kappa shape index (κ3) is 3.23. The first kappa shape index (κ1) is 12.0. The second-order valence-electron chi connectivity index (χ2n) is 4.35. The van der Waals surface area contributed by atoms with Gasteiger partial charge in [-0.05, 0) is 12.8 Å². The zero-order chi connectivity index (χ0) is 11.4. The molecule has 0 aliphatic heterocycles. The Labute approximate surface area is 91.4 Å². The second-order valence-corrected chi connectivity index (χ2v) is 4.35. The van der Waals surface area contributed by atoms with Gasteiger partial charge in [0, 0.05) is 25.8 Å². The number of anilines is 1. The molecule has 1 rings (SSSR count). The molecule has 0 aromatic carbocycles. The van der Waals surface area contributed by atoms with Crippen LogP contribution in [0.4, 0.5) is 5.69 Å². The highest BCUT2D eigenvalue weighted by molar-refractivity contribution is 5.39. The summed E-state index contributed by atoms with van der Waals surface area (Å²) in [5, 5.41) is 4.35. The molecule has 1 atom stereocenters. The Bertz CT molecular complexity index is 287. The molecule has 0 fully saturated rings. The Kier molecular flexibility index (Phi) is 4.15. The van der Waals surface area contributed by atoms with Crippen LogP contribution in [0.3, 0.4) is 0 Å². The fourth-order valence-electron chi connectivity index (χ4n) is 1.54. The highest BCUT2D eigenvalue weighted by Crippen LogP contribution is 2.15. The van der Waals surface area contributed by atoms with E-state index in [1.807, 2.05) is 17.8 Å². The van der Waals surface area contributed by atoms with Crippen LogP contribution in [0.15, 0.2) is 6.20 Å². The van der Waals surface area contributed by atoms with Gasteiger partial charge in [0.15, 0.2) is 0 Å². The van der Waals surface area contributed by atoms with Crippen molar-refractivity contribution in [3.05, 3.63) is 11.9 Å². The van der Waals surface area contributed by atoms with Crippen LogP contribution in [0.5, 0.6) is 0 Å². The van der Waals surface area contributed by atoms with Gasteiger partial charge in [-0.25, -0.2) is 0 Å². The van der Waals surface area contributed by atoms with E-state index in [4.69, 9.17) is 10.5 Å². The van der Waals surface area contributed by atoms with Crippen LogP contribution in [-0.4, -0.2) is 23.5 Å². The maximum absolute atomic E-state index is 5.75. The monoisotopic (exact) mass is 211 g/mol. The van der Waals surface area contributed by atoms with Crippen LogP contribution in [0.25, 0.3) is 0 Å². The summed E-state index contributed by atoms with van der Waals surface area (Å²) in [6.45, 7) is 7.94. The summed E-state index contributed by atoms with van der Waals surface area (Å²) in [6, 6.07) is 0. The van der Waals surface area contributed by atoms with E-state index in [1.165, 1.54) is 0 Å². The smallest absolute Gasteiger partial charge is 0.0822 e. The summed E-state index contributed by atoms with van der Waals surface area (Å²) in [6.07, 6.45) is 1.89. The molecule has 0 radical (unpaired) electrons. The fourth-order valence-corrected chi connectivity index (χ4v) is 1.54. The lowest BCUT2D eigenvalue weighted by atomic mass is 9.97. The maximum atomic E-state index is 5.75. The zero-order valence-corrected chi connectivity index (χ0v) is 10.0. The van der Waals surface area contributed by atoms with Gasteiger partial charge < -0.3 is 10.5 Å². The van der Waals surface area contributed by atoms with E-state index >= 15 is 0 Å². The predicted molar refractivity (Wildman–Crippen MR) is 61.6 cm³/mol. The van der Waals surface area contributed by atoms with Gasteiger partial charge >= 0.3 is 0 Å². The minimum atomic E-state index is 0.480. The summed E-state index contributed by atoms with van der Waals surface area (Å²) < 4.78 is 7.11. The molecular weight excluding hydrogens is 190 g/mol. The third-order valence-electron chi connectivity index (χ3n) is 2.73. The zero-order valence-electron chi connectivity index (χ0n) is 10.0. The van der Waals surface area contributed by atoms with Crippen molar-refractivity contribution >= 4 is 5.69 Å². The molecule has 86 valence electrons. The molecule has 0 aliphatic carbocycles. The van der Waals surface area contributed by atoms with Gasteiger partial charge in [-0.15, -0.1) is 0 Å². The molecule has 1 heterocycles. The van der Waals surface area contributed by atoms with Crippen molar-refractivity contribution in [1.82, 2.24) is 9.78 Å². The van der Waals surface area contributed by atoms with Crippen molar-refractivity contribution in [3.63, 3.8) is 0 Å². The van der Waals surface area contributed by atoms with E-state index in [2.05, 4.69) is 18.9 Å². The molecular formula is C11H21N3O. The van der Waals surface area contributed by atoms with Gasteiger partial charge in [0.05, 0.1) is 18.0 Å². The van der Waals surface area contributed by atoms with Crippen molar-refractivity contribution in [2.24, 2.45) is 11.8 Å². The number of nitrogen functional groups attached to an aromatic ring is 1. The third-order valence-corrected chi connectivity index (χ3v) is 2.73. The van der Waals surface area contributed by atoms with Crippen molar-refractivity contribution in [1.29, 1.82) is 0 Å². The van der Waals surface area contributed by atoms with E-state index in [0.717, 1.165) is 24.5 Å². The van der Waals surface area contributed by atoms with Crippen LogP contribution < -0.4 is 5.73 Å². The summed E-state index contributed by atoms with van der Waals surface area (Å²) in [5.74, 6) is 1.06. The average Bonchev–Trinajstić information content (AvgIpc) is 2.45.